The second kappa shape index (κ2) is 7.39. The van der Waals surface area contributed by atoms with Crippen LogP contribution in [0, 0.1) is 0 Å². The molecule has 23 heavy (non-hydrogen) atoms. The molecule has 0 aliphatic carbocycles. The van der Waals surface area contributed by atoms with Gasteiger partial charge in [-0.3, -0.25) is 9.59 Å². The Balaban J connectivity index is 2.37. The quantitative estimate of drug-likeness (QED) is 0.603. The Labute approximate surface area is 130 Å². The second-order valence-electron chi connectivity index (χ2n) is 4.42. The van der Waals surface area contributed by atoms with E-state index in [2.05, 4.69) is 14.8 Å². The number of nitrogens with zero attached hydrogens (tertiary/aromatic N) is 3. The predicted molar refractivity (Wildman–Crippen MR) is 79.8 cm³/mol. The summed E-state index contributed by atoms with van der Waals surface area (Å²) in [4.78, 5) is 27.4. The SMILES string of the molecule is CN=CCC(=O)c1nn(-c2cccc(OC(F)F)c2)ccc1=O. The minimum Gasteiger partial charge on any atom is -0.435 e. The van der Waals surface area contributed by atoms with Crippen molar-refractivity contribution in [1.82, 2.24) is 9.78 Å². The number of aliphatic imine (C=N–C) groups is 1. The van der Waals surface area contributed by atoms with Crippen molar-refractivity contribution in [2.75, 3.05) is 7.05 Å². The molecule has 0 unspecified atom stereocenters. The van der Waals surface area contributed by atoms with Gasteiger partial charge in [0.05, 0.1) is 5.69 Å². The van der Waals surface area contributed by atoms with Crippen LogP contribution in [0.1, 0.15) is 16.9 Å². The average molecular weight is 321 g/mol. The van der Waals surface area contributed by atoms with Crippen LogP contribution in [-0.4, -0.2) is 35.4 Å². The number of carbonyl (C=O) groups excluding carboxylic acids is 1. The van der Waals surface area contributed by atoms with Gasteiger partial charge in [0.2, 0.25) is 5.43 Å². The highest BCUT2D eigenvalue weighted by atomic mass is 19.3. The van der Waals surface area contributed by atoms with Gasteiger partial charge in [0.1, 0.15) is 5.75 Å². The van der Waals surface area contributed by atoms with Crippen LogP contribution >= 0.6 is 0 Å². The smallest absolute Gasteiger partial charge is 0.387 e. The first-order chi connectivity index (χ1) is 11.0. The highest BCUT2D eigenvalue weighted by Gasteiger charge is 2.13. The molecule has 1 heterocycles. The van der Waals surface area contributed by atoms with Crippen molar-refractivity contribution in [3.63, 3.8) is 0 Å². The van der Waals surface area contributed by atoms with Gasteiger partial charge in [0.15, 0.2) is 11.5 Å². The van der Waals surface area contributed by atoms with Gasteiger partial charge >= 0.3 is 6.61 Å². The molecule has 1 aromatic carbocycles. The molecule has 0 aliphatic rings. The first-order valence-electron chi connectivity index (χ1n) is 6.60. The number of alkyl halides is 2. The normalized spacial score (nSPS) is 11.1. The van der Waals surface area contributed by atoms with E-state index in [0.717, 1.165) is 0 Å². The molecule has 0 spiro atoms. The van der Waals surface area contributed by atoms with Crippen LogP contribution in [0.2, 0.25) is 0 Å². The van der Waals surface area contributed by atoms with Crippen LogP contribution in [-0.2, 0) is 0 Å². The predicted octanol–water partition coefficient (Wildman–Crippen LogP) is 2.11. The van der Waals surface area contributed by atoms with Crippen LogP contribution in [0.3, 0.4) is 0 Å². The third kappa shape index (κ3) is 4.29. The minimum absolute atomic E-state index is 0.0444. The Kier molecular flexibility index (Phi) is 5.29. The number of hydrogen-bond donors (Lipinski definition) is 0. The molecule has 6 nitrogen and oxygen atoms in total. The summed E-state index contributed by atoms with van der Waals surface area (Å²) < 4.78 is 30.1. The Morgan fingerprint density at radius 2 is 2.22 bits per heavy atom. The Morgan fingerprint density at radius 3 is 2.91 bits per heavy atom. The first kappa shape index (κ1) is 16.5. The number of rotatable bonds is 6. The van der Waals surface area contributed by atoms with E-state index in [0.29, 0.717) is 5.69 Å². The molecule has 2 aromatic rings. The number of halogens is 2. The van der Waals surface area contributed by atoms with Gasteiger partial charge in [0, 0.05) is 38.0 Å². The number of carbonyl (C=O) groups is 1. The Morgan fingerprint density at radius 1 is 1.43 bits per heavy atom. The largest absolute Gasteiger partial charge is 0.435 e. The van der Waals surface area contributed by atoms with Crippen LogP contribution in [0.4, 0.5) is 8.78 Å². The van der Waals surface area contributed by atoms with E-state index in [4.69, 9.17) is 0 Å². The van der Waals surface area contributed by atoms with E-state index in [-0.39, 0.29) is 17.9 Å². The van der Waals surface area contributed by atoms with Crippen molar-refractivity contribution in [2.24, 2.45) is 4.99 Å². The van der Waals surface area contributed by atoms with Gasteiger partial charge in [-0.25, -0.2) is 4.68 Å². The number of ketones is 1. The minimum atomic E-state index is -2.95. The molecule has 0 N–H and O–H groups in total. The zero-order valence-electron chi connectivity index (χ0n) is 12.1. The Hall–Kier alpha value is -2.90. The average Bonchev–Trinajstić information content (AvgIpc) is 2.52. The number of Topliss-reactive ketones (excluding diaryl/α,β-unsaturated/α-hetero) is 1. The lowest BCUT2D eigenvalue weighted by molar-refractivity contribution is -0.0498. The summed E-state index contributed by atoms with van der Waals surface area (Å²) in [6.45, 7) is -2.95. The van der Waals surface area contributed by atoms with Crippen molar-refractivity contribution < 1.29 is 18.3 Å². The topological polar surface area (TPSA) is 73.6 Å². The van der Waals surface area contributed by atoms with E-state index in [9.17, 15) is 18.4 Å². The summed E-state index contributed by atoms with van der Waals surface area (Å²) in [7, 11) is 1.51. The van der Waals surface area contributed by atoms with Gasteiger partial charge in [-0.1, -0.05) is 6.07 Å². The molecule has 0 aliphatic heterocycles. The molecule has 0 radical (unpaired) electrons. The van der Waals surface area contributed by atoms with E-state index in [1.807, 2.05) is 0 Å². The summed E-state index contributed by atoms with van der Waals surface area (Å²) >= 11 is 0. The summed E-state index contributed by atoms with van der Waals surface area (Å²) in [5.41, 5.74) is -0.385. The van der Waals surface area contributed by atoms with Gasteiger partial charge in [0.25, 0.3) is 0 Å². The molecule has 2 rings (SSSR count). The van der Waals surface area contributed by atoms with Crippen LogP contribution in [0.15, 0.2) is 46.3 Å². The third-order valence-electron chi connectivity index (χ3n) is 2.84. The lowest BCUT2D eigenvalue weighted by Crippen LogP contribution is -2.21. The molecule has 8 heteroatoms. The number of ether oxygens (including phenoxy) is 1. The van der Waals surface area contributed by atoms with Gasteiger partial charge in [-0.2, -0.15) is 13.9 Å². The lowest BCUT2D eigenvalue weighted by atomic mass is 10.2. The monoisotopic (exact) mass is 321 g/mol. The maximum absolute atomic E-state index is 12.3. The van der Waals surface area contributed by atoms with Crippen molar-refractivity contribution in [3.8, 4) is 11.4 Å². The fourth-order valence-electron chi connectivity index (χ4n) is 1.82. The molecule has 1 aromatic heterocycles. The summed E-state index contributed by atoms with van der Waals surface area (Å²) in [5.74, 6) is -0.529. The van der Waals surface area contributed by atoms with Crippen molar-refractivity contribution >= 4 is 12.0 Å². The number of aromatic nitrogens is 2. The number of benzene rings is 1. The molecule has 0 bridgehead atoms. The molecular formula is C15H13F2N3O3. The van der Waals surface area contributed by atoms with E-state index in [1.165, 1.54) is 48.4 Å². The fourth-order valence-corrected chi connectivity index (χ4v) is 1.82. The molecule has 0 saturated heterocycles. The number of hydrogen-bond acceptors (Lipinski definition) is 5. The molecule has 120 valence electrons. The molecule has 0 atom stereocenters. The maximum atomic E-state index is 12.3. The van der Waals surface area contributed by atoms with Gasteiger partial charge in [-0.05, 0) is 12.1 Å². The zero-order chi connectivity index (χ0) is 16.8. The van der Waals surface area contributed by atoms with Crippen LogP contribution < -0.4 is 10.2 Å². The maximum Gasteiger partial charge on any atom is 0.387 e. The highest BCUT2D eigenvalue weighted by molar-refractivity contribution is 6.02. The van der Waals surface area contributed by atoms with E-state index < -0.39 is 17.8 Å². The molecular weight excluding hydrogens is 308 g/mol. The van der Waals surface area contributed by atoms with Crippen molar-refractivity contribution in [2.45, 2.75) is 13.0 Å². The highest BCUT2D eigenvalue weighted by Crippen LogP contribution is 2.18. The van der Waals surface area contributed by atoms with Gasteiger partial charge in [-0.15, -0.1) is 0 Å². The van der Waals surface area contributed by atoms with Crippen LogP contribution in [0.5, 0.6) is 5.75 Å². The van der Waals surface area contributed by atoms with Gasteiger partial charge < -0.3 is 9.73 Å². The third-order valence-corrected chi connectivity index (χ3v) is 2.84. The van der Waals surface area contributed by atoms with Crippen molar-refractivity contribution in [3.05, 3.63) is 52.4 Å². The zero-order valence-corrected chi connectivity index (χ0v) is 12.1. The molecule has 0 saturated carbocycles. The first-order valence-corrected chi connectivity index (χ1v) is 6.60. The standard InChI is InChI=1S/C15H13F2N3O3/c1-18-7-5-12(21)14-13(22)6-8-20(19-14)10-3-2-4-11(9-10)23-15(16)17/h2-4,6-9,15H,5H2,1H3. The molecule has 0 fully saturated rings. The fraction of sp³-hybridized carbons (Fsp3) is 0.200. The summed E-state index contributed by atoms with van der Waals surface area (Å²) in [6, 6.07) is 6.95. The van der Waals surface area contributed by atoms with Crippen molar-refractivity contribution in [1.29, 1.82) is 0 Å². The lowest BCUT2D eigenvalue weighted by Gasteiger charge is -2.09. The van der Waals surface area contributed by atoms with E-state index in [1.54, 1.807) is 6.07 Å². The second-order valence-corrected chi connectivity index (χ2v) is 4.42. The van der Waals surface area contributed by atoms with Crippen LogP contribution in [0.25, 0.3) is 5.69 Å². The molecule has 0 amide bonds. The summed E-state index contributed by atoms with van der Waals surface area (Å²) in [6.07, 6.45) is 2.67. The Bertz CT molecular complexity index is 788. The summed E-state index contributed by atoms with van der Waals surface area (Å²) in [5, 5.41) is 3.97. The van der Waals surface area contributed by atoms with E-state index >= 15 is 0 Å².